The number of hydrogen-bond donors (Lipinski definition) is 0. The van der Waals surface area contributed by atoms with E-state index in [9.17, 15) is 34.6 Å². The fraction of sp³-hybridized carbons (Fsp3) is 0.0833. The summed E-state index contributed by atoms with van der Waals surface area (Å²) in [6.45, 7) is -0.529. The first-order valence-electron chi connectivity index (χ1n) is 10.7. The number of benzene rings is 2. The van der Waals surface area contributed by atoms with Gasteiger partial charge in [0.15, 0.2) is 17.3 Å². The Bertz CT molecular complexity index is 1500. The molecular weight excluding hydrogens is 520 g/mol. The number of imide groups is 1. The Morgan fingerprint density at radius 1 is 1.05 bits per heavy atom. The molecule has 2 amide bonds. The third-order valence-electron chi connectivity index (χ3n) is 5.22. The van der Waals surface area contributed by atoms with E-state index in [1.807, 2.05) is 0 Å². The van der Waals surface area contributed by atoms with Crippen molar-refractivity contribution >= 4 is 46.1 Å². The van der Waals surface area contributed by atoms with Gasteiger partial charge in [0, 0.05) is 30.0 Å². The van der Waals surface area contributed by atoms with Crippen LogP contribution in [0.1, 0.15) is 15.9 Å². The molecule has 0 N–H and O–H groups in total. The zero-order chi connectivity index (χ0) is 27.4. The Morgan fingerprint density at radius 3 is 2.45 bits per heavy atom. The van der Waals surface area contributed by atoms with Gasteiger partial charge in [0.05, 0.1) is 28.4 Å². The number of ether oxygens (including phenoxy) is 2. The first kappa shape index (κ1) is 26.0. The zero-order valence-electron chi connectivity index (χ0n) is 19.4. The number of pyridine rings is 1. The molecule has 1 aliphatic heterocycles. The van der Waals surface area contributed by atoms with Crippen molar-refractivity contribution < 1.29 is 33.7 Å². The average molecular weight is 536 g/mol. The van der Waals surface area contributed by atoms with E-state index in [0.29, 0.717) is 17.3 Å². The number of hydrogen-bond acceptors (Lipinski definition) is 11. The van der Waals surface area contributed by atoms with E-state index in [1.165, 1.54) is 55.8 Å². The quantitative estimate of drug-likeness (QED) is 0.162. The molecule has 0 unspecified atom stereocenters. The molecule has 1 aromatic heterocycles. The Labute approximate surface area is 218 Å². The van der Waals surface area contributed by atoms with E-state index < -0.39 is 33.3 Å². The number of thioether (sulfide) groups is 1. The fourth-order valence-corrected chi connectivity index (χ4v) is 4.19. The number of methoxy groups -OCH3 is 1. The van der Waals surface area contributed by atoms with Crippen LogP contribution < -0.4 is 9.47 Å². The van der Waals surface area contributed by atoms with Crippen LogP contribution in [0.4, 0.5) is 16.2 Å². The number of amides is 2. The molecule has 2 heterocycles. The Balaban J connectivity index is 1.51. The van der Waals surface area contributed by atoms with Crippen LogP contribution in [0.2, 0.25) is 0 Å². The minimum absolute atomic E-state index is 0.0579. The van der Waals surface area contributed by atoms with E-state index in [0.717, 1.165) is 17.0 Å². The monoisotopic (exact) mass is 536 g/mol. The number of aromatic nitrogens is 1. The van der Waals surface area contributed by atoms with E-state index in [1.54, 1.807) is 6.07 Å². The summed E-state index contributed by atoms with van der Waals surface area (Å²) in [5.74, 6) is -1.16. The van der Waals surface area contributed by atoms with Crippen LogP contribution >= 0.6 is 11.8 Å². The van der Waals surface area contributed by atoms with Gasteiger partial charge >= 0.3 is 5.69 Å². The average Bonchev–Trinajstić information content (AvgIpc) is 3.16. The SMILES string of the molecule is COc1cc(/C=C2\SC(=O)N(CC(=O)c3ccc([N+](=O)[O-])cc3)C2=O)ccc1Oc1ncccc1[N+](=O)[O-]. The van der Waals surface area contributed by atoms with Gasteiger partial charge in [-0.15, -0.1) is 0 Å². The summed E-state index contributed by atoms with van der Waals surface area (Å²) < 4.78 is 10.9. The summed E-state index contributed by atoms with van der Waals surface area (Å²) in [6.07, 6.45) is 2.77. The highest BCUT2D eigenvalue weighted by Crippen LogP contribution is 2.37. The van der Waals surface area contributed by atoms with Crippen molar-refractivity contribution in [3.05, 3.63) is 97.1 Å². The Kier molecular flexibility index (Phi) is 7.43. The van der Waals surface area contributed by atoms with Gasteiger partial charge < -0.3 is 9.47 Å². The van der Waals surface area contributed by atoms with Crippen molar-refractivity contribution in [2.45, 2.75) is 0 Å². The van der Waals surface area contributed by atoms with Crippen LogP contribution in [0.25, 0.3) is 6.08 Å². The number of Topliss-reactive ketones (excluding diaryl/α,β-unsaturated/α-hetero) is 1. The first-order valence-corrected chi connectivity index (χ1v) is 11.5. The molecule has 2 aromatic carbocycles. The lowest BCUT2D eigenvalue weighted by atomic mass is 10.1. The van der Waals surface area contributed by atoms with Gasteiger partial charge in [0.1, 0.15) is 0 Å². The summed E-state index contributed by atoms with van der Waals surface area (Å²) in [5, 5.41) is 21.4. The molecule has 4 rings (SSSR count). The highest BCUT2D eigenvalue weighted by Gasteiger charge is 2.36. The van der Waals surface area contributed by atoms with Crippen LogP contribution in [0.5, 0.6) is 17.4 Å². The van der Waals surface area contributed by atoms with Crippen LogP contribution in [0, 0.1) is 20.2 Å². The number of ketones is 1. The van der Waals surface area contributed by atoms with Crippen LogP contribution in [-0.2, 0) is 4.79 Å². The lowest BCUT2D eigenvalue weighted by molar-refractivity contribution is -0.386. The molecule has 0 spiro atoms. The Hall–Kier alpha value is -5.11. The number of carbonyl (C=O) groups is 3. The van der Waals surface area contributed by atoms with Gasteiger partial charge in [-0.05, 0) is 53.7 Å². The molecule has 13 nitrogen and oxygen atoms in total. The summed E-state index contributed by atoms with van der Waals surface area (Å²) in [7, 11) is 1.36. The number of rotatable bonds is 9. The molecule has 3 aromatic rings. The molecule has 0 saturated carbocycles. The summed E-state index contributed by atoms with van der Waals surface area (Å²) in [4.78, 5) is 63.3. The molecule has 14 heteroatoms. The van der Waals surface area contributed by atoms with Gasteiger partial charge in [-0.3, -0.25) is 39.5 Å². The summed E-state index contributed by atoms with van der Waals surface area (Å²) in [6, 6.07) is 12.0. The maximum absolute atomic E-state index is 12.8. The third kappa shape index (κ3) is 5.49. The third-order valence-corrected chi connectivity index (χ3v) is 6.12. The molecule has 192 valence electrons. The predicted molar refractivity (Wildman–Crippen MR) is 134 cm³/mol. The maximum atomic E-state index is 12.8. The number of nitrogens with zero attached hydrogens (tertiary/aromatic N) is 4. The predicted octanol–water partition coefficient (Wildman–Crippen LogP) is 4.62. The standard InChI is InChI=1S/C24H16N4O9S/c1-36-20-11-14(4-9-19(20)37-22-17(28(34)35)3-2-10-25-22)12-21-23(30)26(24(31)38-21)13-18(29)15-5-7-16(8-6-15)27(32)33/h2-12H,13H2,1H3/b21-12-. The smallest absolute Gasteiger partial charge is 0.331 e. The van der Waals surface area contributed by atoms with Crippen molar-refractivity contribution in [1.82, 2.24) is 9.88 Å². The van der Waals surface area contributed by atoms with Gasteiger partial charge in [0.25, 0.3) is 22.7 Å². The number of nitro groups is 2. The minimum Gasteiger partial charge on any atom is -0.493 e. The highest BCUT2D eigenvalue weighted by molar-refractivity contribution is 8.18. The highest BCUT2D eigenvalue weighted by atomic mass is 32.2. The van der Waals surface area contributed by atoms with Crippen molar-refractivity contribution in [3.8, 4) is 17.4 Å². The fourth-order valence-electron chi connectivity index (χ4n) is 3.35. The van der Waals surface area contributed by atoms with Crippen molar-refractivity contribution in [2.75, 3.05) is 13.7 Å². The topological polar surface area (TPSA) is 172 Å². The maximum Gasteiger partial charge on any atom is 0.331 e. The number of carbonyl (C=O) groups excluding carboxylic acids is 3. The van der Waals surface area contributed by atoms with Crippen LogP contribution in [0.3, 0.4) is 0 Å². The molecule has 1 aliphatic rings. The lowest BCUT2D eigenvalue weighted by Gasteiger charge is -2.11. The second-order valence-electron chi connectivity index (χ2n) is 7.59. The van der Waals surface area contributed by atoms with Crippen LogP contribution in [0.15, 0.2) is 65.7 Å². The molecule has 0 bridgehead atoms. The number of nitro benzene ring substituents is 1. The van der Waals surface area contributed by atoms with Crippen molar-refractivity contribution in [3.63, 3.8) is 0 Å². The van der Waals surface area contributed by atoms with Crippen molar-refractivity contribution in [2.24, 2.45) is 0 Å². The molecule has 1 fully saturated rings. The van der Waals surface area contributed by atoms with Crippen LogP contribution in [-0.4, -0.2) is 50.3 Å². The molecule has 38 heavy (non-hydrogen) atoms. The van der Waals surface area contributed by atoms with Gasteiger partial charge in [-0.2, -0.15) is 0 Å². The largest absolute Gasteiger partial charge is 0.493 e. The Morgan fingerprint density at radius 2 is 1.79 bits per heavy atom. The zero-order valence-corrected chi connectivity index (χ0v) is 20.2. The summed E-state index contributed by atoms with van der Waals surface area (Å²) >= 11 is 0.646. The van der Waals surface area contributed by atoms with E-state index in [2.05, 4.69) is 4.98 Å². The normalized spacial score (nSPS) is 14.0. The van der Waals surface area contributed by atoms with E-state index in [4.69, 9.17) is 9.47 Å². The molecule has 1 saturated heterocycles. The van der Waals surface area contributed by atoms with Gasteiger partial charge in [-0.1, -0.05) is 6.07 Å². The van der Waals surface area contributed by atoms with E-state index in [-0.39, 0.29) is 39.2 Å². The minimum atomic E-state index is -0.682. The number of non-ortho nitro benzene ring substituents is 1. The summed E-state index contributed by atoms with van der Waals surface area (Å²) in [5.41, 5.74) is 0.0420. The molecule has 0 radical (unpaired) electrons. The first-order chi connectivity index (χ1) is 18.2. The van der Waals surface area contributed by atoms with E-state index >= 15 is 0 Å². The van der Waals surface area contributed by atoms with Gasteiger partial charge in [0.2, 0.25) is 0 Å². The van der Waals surface area contributed by atoms with Crippen molar-refractivity contribution in [1.29, 1.82) is 0 Å². The second kappa shape index (κ2) is 10.9. The lowest BCUT2D eigenvalue weighted by Crippen LogP contribution is -2.33. The van der Waals surface area contributed by atoms with Gasteiger partial charge in [-0.25, -0.2) is 4.98 Å². The molecular formula is C24H16N4O9S. The second-order valence-corrected chi connectivity index (χ2v) is 8.59. The molecule has 0 aliphatic carbocycles. The molecule has 0 atom stereocenters.